The zero-order valence-corrected chi connectivity index (χ0v) is 14.6. The standard InChI is InChI=1S/C17H21N3O2S/c1-12-6-5-7-16(18-12)19-17(21)20(3)13(2)14-8-10-15(11-9-14)23(4)22/h5-11,13H,1-4H3,(H,18,19,21)/t13-,23-/m0/s1. The van der Waals surface area contributed by atoms with Crippen molar-refractivity contribution in [3.63, 3.8) is 0 Å². The molecule has 6 heteroatoms. The number of hydrogen-bond donors (Lipinski definition) is 1. The third-order valence-corrected chi connectivity index (χ3v) is 4.66. The maximum atomic E-state index is 12.3. The second-order valence-corrected chi connectivity index (χ2v) is 6.78. The number of pyridine rings is 1. The molecule has 1 aromatic carbocycles. The predicted octanol–water partition coefficient (Wildman–Crippen LogP) is 3.35. The van der Waals surface area contributed by atoms with E-state index in [9.17, 15) is 9.00 Å². The van der Waals surface area contributed by atoms with E-state index in [2.05, 4.69) is 10.3 Å². The summed E-state index contributed by atoms with van der Waals surface area (Å²) in [5.74, 6) is 0.533. The van der Waals surface area contributed by atoms with Crippen molar-refractivity contribution in [1.29, 1.82) is 0 Å². The van der Waals surface area contributed by atoms with E-state index in [1.807, 2.05) is 50.2 Å². The van der Waals surface area contributed by atoms with Gasteiger partial charge >= 0.3 is 6.03 Å². The van der Waals surface area contributed by atoms with Crippen LogP contribution in [0.5, 0.6) is 0 Å². The van der Waals surface area contributed by atoms with Crippen molar-refractivity contribution in [1.82, 2.24) is 9.88 Å². The lowest BCUT2D eigenvalue weighted by molar-refractivity contribution is 0.208. The molecule has 0 aliphatic rings. The van der Waals surface area contributed by atoms with E-state index in [-0.39, 0.29) is 12.1 Å². The van der Waals surface area contributed by atoms with E-state index in [4.69, 9.17) is 0 Å². The topological polar surface area (TPSA) is 62.3 Å². The molecule has 0 unspecified atom stereocenters. The molecule has 0 radical (unpaired) electrons. The van der Waals surface area contributed by atoms with Gasteiger partial charge in [-0.1, -0.05) is 18.2 Å². The van der Waals surface area contributed by atoms with Gasteiger partial charge in [0, 0.05) is 34.7 Å². The smallest absolute Gasteiger partial charge is 0.321 e. The number of aromatic nitrogens is 1. The van der Waals surface area contributed by atoms with Crippen molar-refractivity contribution in [2.75, 3.05) is 18.6 Å². The Balaban J connectivity index is 2.07. The van der Waals surface area contributed by atoms with Crippen molar-refractivity contribution in [3.05, 3.63) is 53.7 Å². The Kier molecular flexibility index (Phi) is 5.50. The number of carbonyl (C=O) groups excluding carboxylic acids is 1. The number of hydrogen-bond acceptors (Lipinski definition) is 3. The minimum atomic E-state index is -1.000. The summed E-state index contributed by atoms with van der Waals surface area (Å²) in [5, 5.41) is 2.79. The van der Waals surface area contributed by atoms with E-state index in [0.717, 1.165) is 16.2 Å². The fourth-order valence-electron chi connectivity index (χ4n) is 2.15. The maximum absolute atomic E-state index is 12.3. The van der Waals surface area contributed by atoms with Crippen LogP contribution < -0.4 is 5.32 Å². The van der Waals surface area contributed by atoms with Gasteiger partial charge in [0.15, 0.2) is 0 Å². The quantitative estimate of drug-likeness (QED) is 0.934. The minimum absolute atomic E-state index is 0.112. The molecular formula is C17H21N3O2S. The highest BCUT2D eigenvalue weighted by Gasteiger charge is 2.18. The Morgan fingerprint density at radius 3 is 2.43 bits per heavy atom. The van der Waals surface area contributed by atoms with Crippen LogP contribution in [0, 0.1) is 6.92 Å². The fraction of sp³-hybridized carbons (Fsp3) is 0.294. The lowest BCUT2D eigenvalue weighted by Crippen LogP contribution is -2.33. The van der Waals surface area contributed by atoms with Crippen LogP contribution in [-0.2, 0) is 10.8 Å². The Labute approximate surface area is 139 Å². The number of rotatable bonds is 4. The highest BCUT2D eigenvalue weighted by atomic mass is 32.2. The van der Waals surface area contributed by atoms with Gasteiger partial charge in [-0.3, -0.25) is 9.53 Å². The number of urea groups is 1. The number of aryl methyl sites for hydroxylation is 1. The highest BCUT2D eigenvalue weighted by Crippen LogP contribution is 2.21. The normalized spacial score (nSPS) is 13.2. The molecule has 1 heterocycles. The van der Waals surface area contributed by atoms with E-state index >= 15 is 0 Å². The monoisotopic (exact) mass is 331 g/mol. The van der Waals surface area contributed by atoms with Gasteiger partial charge in [-0.05, 0) is 43.7 Å². The number of benzene rings is 1. The van der Waals surface area contributed by atoms with Crippen LogP contribution >= 0.6 is 0 Å². The molecule has 2 aromatic rings. The maximum Gasteiger partial charge on any atom is 0.323 e. The van der Waals surface area contributed by atoms with Gasteiger partial charge in [-0.2, -0.15) is 0 Å². The molecule has 0 aliphatic heterocycles. The molecule has 0 bridgehead atoms. The Morgan fingerprint density at radius 2 is 1.87 bits per heavy atom. The molecule has 0 spiro atoms. The Morgan fingerprint density at radius 1 is 1.22 bits per heavy atom. The molecule has 2 amide bonds. The van der Waals surface area contributed by atoms with Crippen molar-refractivity contribution >= 4 is 22.6 Å². The first-order valence-corrected chi connectivity index (χ1v) is 8.85. The van der Waals surface area contributed by atoms with Gasteiger partial charge in [0.1, 0.15) is 5.82 Å². The van der Waals surface area contributed by atoms with Crippen molar-refractivity contribution in [2.24, 2.45) is 0 Å². The van der Waals surface area contributed by atoms with Crippen molar-refractivity contribution in [2.45, 2.75) is 24.8 Å². The summed E-state index contributed by atoms with van der Waals surface area (Å²) in [4.78, 5) is 19.0. The molecule has 0 saturated heterocycles. The van der Waals surface area contributed by atoms with Crippen LogP contribution in [0.3, 0.4) is 0 Å². The van der Waals surface area contributed by atoms with E-state index in [1.54, 1.807) is 24.3 Å². The van der Waals surface area contributed by atoms with Gasteiger partial charge in [-0.25, -0.2) is 9.78 Å². The average Bonchev–Trinajstić information content (AvgIpc) is 2.53. The second-order valence-electron chi connectivity index (χ2n) is 5.40. The number of nitrogens with zero attached hydrogens (tertiary/aromatic N) is 2. The number of nitrogens with one attached hydrogen (secondary N) is 1. The second kappa shape index (κ2) is 7.37. The molecular weight excluding hydrogens is 310 g/mol. The third-order valence-electron chi connectivity index (χ3n) is 3.72. The molecule has 0 aliphatic carbocycles. The van der Waals surface area contributed by atoms with Crippen molar-refractivity contribution in [3.8, 4) is 0 Å². The first-order chi connectivity index (χ1) is 10.9. The highest BCUT2D eigenvalue weighted by molar-refractivity contribution is 7.84. The summed E-state index contributed by atoms with van der Waals surface area (Å²) in [6.07, 6.45) is 1.65. The molecule has 0 saturated carbocycles. The lowest BCUT2D eigenvalue weighted by atomic mass is 10.1. The average molecular weight is 331 g/mol. The zero-order valence-electron chi connectivity index (χ0n) is 13.7. The summed E-state index contributed by atoms with van der Waals surface area (Å²) in [6.45, 7) is 3.82. The van der Waals surface area contributed by atoms with Crippen LogP contribution in [0.1, 0.15) is 24.2 Å². The van der Waals surface area contributed by atoms with Crippen LogP contribution in [0.25, 0.3) is 0 Å². The molecule has 122 valence electrons. The van der Waals surface area contributed by atoms with Gasteiger partial charge in [0.2, 0.25) is 0 Å². The Hall–Kier alpha value is -2.21. The van der Waals surface area contributed by atoms with Gasteiger partial charge in [0.05, 0.1) is 6.04 Å². The molecule has 1 N–H and O–H groups in total. The number of anilines is 1. The largest absolute Gasteiger partial charge is 0.323 e. The molecule has 2 atom stereocenters. The SMILES string of the molecule is Cc1cccc(NC(=O)N(C)[C@@H](C)c2ccc([S@](C)=O)cc2)n1. The molecule has 5 nitrogen and oxygen atoms in total. The van der Waals surface area contributed by atoms with Crippen LogP contribution in [0.15, 0.2) is 47.4 Å². The van der Waals surface area contributed by atoms with Crippen molar-refractivity contribution < 1.29 is 9.00 Å². The van der Waals surface area contributed by atoms with Crippen LogP contribution in [0.4, 0.5) is 10.6 Å². The van der Waals surface area contributed by atoms with Crippen LogP contribution in [-0.4, -0.2) is 33.4 Å². The summed E-state index contributed by atoms with van der Waals surface area (Å²) in [7, 11) is 0.738. The van der Waals surface area contributed by atoms with Crippen LogP contribution in [0.2, 0.25) is 0 Å². The molecule has 2 rings (SSSR count). The number of carbonyl (C=O) groups is 1. The zero-order chi connectivity index (χ0) is 17.0. The third kappa shape index (κ3) is 4.39. The van der Waals surface area contributed by atoms with E-state index < -0.39 is 10.8 Å². The van der Waals surface area contributed by atoms with E-state index in [0.29, 0.717) is 5.82 Å². The van der Waals surface area contributed by atoms with Gasteiger partial charge in [0.25, 0.3) is 0 Å². The first kappa shape index (κ1) is 17.1. The van der Waals surface area contributed by atoms with E-state index in [1.165, 1.54) is 0 Å². The summed E-state index contributed by atoms with van der Waals surface area (Å²) in [5.41, 5.74) is 1.83. The number of amides is 2. The fourth-order valence-corrected chi connectivity index (χ4v) is 2.67. The molecule has 0 fully saturated rings. The molecule has 1 aromatic heterocycles. The Bertz CT molecular complexity index is 716. The first-order valence-electron chi connectivity index (χ1n) is 7.29. The summed E-state index contributed by atoms with van der Waals surface area (Å²) >= 11 is 0. The minimum Gasteiger partial charge on any atom is -0.321 e. The van der Waals surface area contributed by atoms with Gasteiger partial charge < -0.3 is 4.90 Å². The molecule has 23 heavy (non-hydrogen) atoms. The summed E-state index contributed by atoms with van der Waals surface area (Å²) < 4.78 is 11.4. The summed E-state index contributed by atoms with van der Waals surface area (Å²) in [6, 6.07) is 12.6. The van der Waals surface area contributed by atoms with Gasteiger partial charge in [-0.15, -0.1) is 0 Å². The lowest BCUT2D eigenvalue weighted by Gasteiger charge is -2.25. The predicted molar refractivity (Wildman–Crippen MR) is 92.9 cm³/mol.